The lowest BCUT2D eigenvalue weighted by molar-refractivity contribution is -0.160. The maximum Gasteiger partial charge on any atom is 0.312 e. The highest BCUT2D eigenvalue weighted by molar-refractivity contribution is 5.77. The number of esters is 1. The zero-order valence-corrected chi connectivity index (χ0v) is 15.5. The first-order valence-corrected chi connectivity index (χ1v) is 9.68. The number of ether oxygens (including phenoxy) is 1. The van der Waals surface area contributed by atoms with Crippen LogP contribution in [-0.2, 0) is 16.0 Å². The second-order valence-electron chi connectivity index (χ2n) is 7.86. The molecule has 1 atom stereocenters. The van der Waals surface area contributed by atoms with E-state index >= 15 is 0 Å². The topological polar surface area (TPSA) is 29.5 Å². The van der Waals surface area contributed by atoms with E-state index in [-0.39, 0.29) is 17.2 Å². The molecule has 138 valence electrons. The van der Waals surface area contributed by atoms with Crippen molar-refractivity contribution in [3.63, 3.8) is 0 Å². The van der Waals surface area contributed by atoms with E-state index in [0.717, 1.165) is 50.3 Å². The fourth-order valence-corrected chi connectivity index (χ4v) is 4.13. The highest BCUT2D eigenvalue weighted by Gasteiger charge is 2.46. The number of halogens is 1. The zero-order valence-electron chi connectivity index (χ0n) is 15.5. The Morgan fingerprint density at radius 1 is 1.28 bits per heavy atom. The van der Waals surface area contributed by atoms with Crippen molar-refractivity contribution in [3.05, 3.63) is 35.6 Å². The molecule has 0 unspecified atom stereocenters. The third-order valence-electron chi connectivity index (χ3n) is 5.91. The van der Waals surface area contributed by atoms with Crippen molar-refractivity contribution in [2.75, 3.05) is 19.7 Å². The van der Waals surface area contributed by atoms with E-state index in [0.29, 0.717) is 12.6 Å². The molecule has 0 amide bonds. The first kappa shape index (κ1) is 18.4. The van der Waals surface area contributed by atoms with Gasteiger partial charge in [-0.3, -0.25) is 4.79 Å². The van der Waals surface area contributed by atoms with Gasteiger partial charge in [0.1, 0.15) is 5.82 Å². The van der Waals surface area contributed by atoms with E-state index in [1.807, 2.05) is 19.1 Å². The second kappa shape index (κ2) is 7.86. The number of benzene rings is 1. The summed E-state index contributed by atoms with van der Waals surface area (Å²) in [7, 11) is 0. The van der Waals surface area contributed by atoms with Crippen molar-refractivity contribution >= 4 is 5.97 Å². The van der Waals surface area contributed by atoms with Gasteiger partial charge in [0.2, 0.25) is 0 Å². The van der Waals surface area contributed by atoms with Crippen molar-refractivity contribution in [1.29, 1.82) is 0 Å². The molecule has 2 aliphatic rings. The second-order valence-corrected chi connectivity index (χ2v) is 7.86. The number of nitrogens with zero attached hydrogens (tertiary/aromatic N) is 1. The molecule has 1 aromatic rings. The third-order valence-corrected chi connectivity index (χ3v) is 5.91. The molecule has 1 aromatic carbocycles. The lowest BCUT2D eigenvalue weighted by Crippen LogP contribution is -2.48. The van der Waals surface area contributed by atoms with Crippen LogP contribution >= 0.6 is 0 Å². The van der Waals surface area contributed by atoms with Crippen LogP contribution in [0.2, 0.25) is 0 Å². The van der Waals surface area contributed by atoms with Gasteiger partial charge in [0.25, 0.3) is 0 Å². The Morgan fingerprint density at radius 3 is 2.48 bits per heavy atom. The summed E-state index contributed by atoms with van der Waals surface area (Å²) in [5.74, 6) is 0.564. The maximum atomic E-state index is 13.1. The van der Waals surface area contributed by atoms with Crippen LogP contribution in [0, 0.1) is 17.2 Å². The molecule has 3 nitrogen and oxygen atoms in total. The van der Waals surface area contributed by atoms with E-state index < -0.39 is 0 Å². The molecule has 1 aliphatic heterocycles. The van der Waals surface area contributed by atoms with E-state index in [2.05, 4.69) is 11.8 Å². The number of hydrogen-bond donors (Lipinski definition) is 0. The SMILES string of the molecule is CCOC(=O)C1(CC2CC2)CCN([C@H](C)Cc2ccc(F)cc2)CC1. The normalized spacial score (nSPS) is 21.7. The van der Waals surface area contributed by atoms with E-state index in [9.17, 15) is 9.18 Å². The van der Waals surface area contributed by atoms with Gasteiger partial charge in [0, 0.05) is 6.04 Å². The van der Waals surface area contributed by atoms with Crippen LogP contribution < -0.4 is 0 Å². The first-order chi connectivity index (χ1) is 12.0. The number of carbonyl (C=O) groups is 1. The smallest absolute Gasteiger partial charge is 0.312 e. The Morgan fingerprint density at radius 2 is 1.92 bits per heavy atom. The van der Waals surface area contributed by atoms with Crippen LogP contribution in [-0.4, -0.2) is 36.6 Å². The average Bonchev–Trinajstić information content (AvgIpc) is 3.41. The Bertz CT molecular complexity index is 574. The van der Waals surface area contributed by atoms with Gasteiger partial charge in [-0.1, -0.05) is 25.0 Å². The maximum absolute atomic E-state index is 13.1. The van der Waals surface area contributed by atoms with E-state index in [1.54, 1.807) is 0 Å². The average molecular weight is 347 g/mol. The van der Waals surface area contributed by atoms with Crippen molar-refractivity contribution in [2.24, 2.45) is 11.3 Å². The number of likely N-dealkylation sites (tertiary alicyclic amines) is 1. The monoisotopic (exact) mass is 347 g/mol. The van der Waals surface area contributed by atoms with Crippen molar-refractivity contribution in [2.45, 2.75) is 58.4 Å². The van der Waals surface area contributed by atoms with Gasteiger partial charge in [0.05, 0.1) is 12.0 Å². The minimum Gasteiger partial charge on any atom is -0.466 e. The molecule has 25 heavy (non-hydrogen) atoms. The van der Waals surface area contributed by atoms with Gasteiger partial charge in [-0.05, 0) is 76.2 Å². The van der Waals surface area contributed by atoms with Gasteiger partial charge in [-0.2, -0.15) is 0 Å². The number of hydrogen-bond acceptors (Lipinski definition) is 3. The summed E-state index contributed by atoms with van der Waals surface area (Å²) in [6.07, 6.45) is 6.26. The molecular formula is C21H30FNO2. The Labute approximate surface area is 150 Å². The predicted octanol–water partition coefficient (Wildman–Crippen LogP) is 4.20. The van der Waals surface area contributed by atoms with Crippen LogP contribution in [0.5, 0.6) is 0 Å². The molecule has 0 N–H and O–H groups in total. The molecular weight excluding hydrogens is 317 g/mol. The minimum atomic E-state index is -0.261. The fourth-order valence-electron chi connectivity index (χ4n) is 4.13. The van der Waals surface area contributed by atoms with Crippen LogP contribution in [0.3, 0.4) is 0 Å². The molecule has 3 rings (SSSR count). The summed E-state index contributed by atoms with van der Waals surface area (Å²) < 4.78 is 18.5. The highest BCUT2D eigenvalue weighted by Crippen LogP contribution is 2.46. The van der Waals surface area contributed by atoms with Crippen molar-refractivity contribution in [1.82, 2.24) is 4.90 Å². The molecule has 1 saturated carbocycles. The molecule has 0 radical (unpaired) electrons. The third kappa shape index (κ3) is 4.60. The Balaban J connectivity index is 1.58. The predicted molar refractivity (Wildman–Crippen MR) is 96.8 cm³/mol. The molecule has 1 aliphatic carbocycles. The molecule has 4 heteroatoms. The number of rotatable bonds is 7. The quantitative estimate of drug-likeness (QED) is 0.692. The van der Waals surface area contributed by atoms with Gasteiger partial charge >= 0.3 is 5.97 Å². The molecule has 2 fully saturated rings. The molecule has 0 aromatic heterocycles. The lowest BCUT2D eigenvalue weighted by atomic mass is 9.74. The largest absolute Gasteiger partial charge is 0.466 e. The lowest BCUT2D eigenvalue weighted by Gasteiger charge is -2.42. The summed E-state index contributed by atoms with van der Waals surface area (Å²) in [6.45, 7) is 6.46. The summed E-state index contributed by atoms with van der Waals surface area (Å²) in [5, 5.41) is 0. The first-order valence-electron chi connectivity index (χ1n) is 9.68. The van der Waals surface area contributed by atoms with Crippen LogP contribution in [0.15, 0.2) is 24.3 Å². The van der Waals surface area contributed by atoms with Crippen LogP contribution in [0.1, 0.15) is 51.5 Å². The van der Waals surface area contributed by atoms with E-state index in [1.165, 1.54) is 25.0 Å². The summed E-state index contributed by atoms with van der Waals surface area (Å²) >= 11 is 0. The molecule has 1 saturated heterocycles. The van der Waals surface area contributed by atoms with Gasteiger partial charge in [-0.15, -0.1) is 0 Å². The van der Waals surface area contributed by atoms with Gasteiger partial charge < -0.3 is 9.64 Å². The van der Waals surface area contributed by atoms with Gasteiger partial charge in [0.15, 0.2) is 0 Å². The Kier molecular flexibility index (Phi) is 5.78. The standard InChI is InChI=1S/C21H30FNO2/c1-3-25-20(24)21(15-18-4-5-18)10-12-23(13-11-21)16(2)14-17-6-8-19(22)9-7-17/h6-9,16,18H,3-5,10-15H2,1-2H3/t16-/m1/s1. The Hall–Kier alpha value is -1.42. The minimum absolute atomic E-state index is 0.0211. The summed E-state index contributed by atoms with van der Waals surface area (Å²) in [5.41, 5.74) is 0.901. The summed E-state index contributed by atoms with van der Waals surface area (Å²) in [4.78, 5) is 15.1. The van der Waals surface area contributed by atoms with Crippen LogP contribution in [0.4, 0.5) is 4.39 Å². The fraction of sp³-hybridized carbons (Fsp3) is 0.667. The van der Waals surface area contributed by atoms with Crippen molar-refractivity contribution in [3.8, 4) is 0 Å². The van der Waals surface area contributed by atoms with Crippen LogP contribution in [0.25, 0.3) is 0 Å². The molecule has 0 bridgehead atoms. The summed E-state index contributed by atoms with van der Waals surface area (Å²) in [6, 6.07) is 7.18. The molecule has 0 spiro atoms. The molecule has 1 heterocycles. The zero-order chi connectivity index (χ0) is 17.9. The van der Waals surface area contributed by atoms with Gasteiger partial charge in [-0.25, -0.2) is 4.39 Å². The van der Waals surface area contributed by atoms with E-state index in [4.69, 9.17) is 4.74 Å². The van der Waals surface area contributed by atoms with Crippen molar-refractivity contribution < 1.29 is 13.9 Å². The highest BCUT2D eigenvalue weighted by atomic mass is 19.1. The number of carbonyl (C=O) groups excluding carboxylic acids is 1. The number of piperidine rings is 1.